The standard InChI is InChI=1S/C19H18ClN3OS/c1-13(2)18-19(25-16-7-3-6-15(20)9-16)23(17(12-24)22-18)11-14-5-4-8-21-10-14/h3-10,12-13H,11H2,1-2H3. The van der Waals surface area contributed by atoms with E-state index in [0.717, 1.165) is 27.5 Å². The molecule has 1 aromatic carbocycles. The molecule has 0 radical (unpaired) electrons. The largest absolute Gasteiger partial charge is 0.312 e. The molecule has 0 aliphatic rings. The van der Waals surface area contributed by atoms with Crippen molar-refractivity contribution in [2.24, 2.45) is 0 Å². The van der Waals surface area contributed by atoms with E-state index in [9.17, 15) is 4.79 Å². The zero-order chi connectivity index (χ0) is 17.8. The fourth-order valence-corrected chi connectivity index (χ4v) is 3.98. The molecule has 3 rings (SSSR count). The van der Waals surface area contributed by atoms with Gasteiger partial charge in [-0.2, -0.15) is 0 Å². The van der Waals surface area contributed by atoms with Crippen LogP contribution in [-0.2, 0) is 6.54 Å². The van der Waals surface area contributed by atoms with Gasteiger partial charge in [-0.3, -0.25) is 9.78 Å². The lowest BCUT2D eigenvalue weighted by molar-refractivity contribution is 0.111. The number of carbonyl (C=O) groups excluding carboxylic acids is 1. The Balaban J connectivity index is 2.06. The summed E-state index contributed by atoms with van der Waals surface area (Å²) in [7, 11) is 0. The molecule has 128 valence electrons. The summed E-state index contributed by atoms with van der Waals surface area (Å²) in [5.41, 5.74) is 1.93. The maximum atomic E-state index is 11.6. The van der Waals surface area contributed by atoms with Crippen LogP contribution in [0.25, 0.3) is 0 Å². The molecular formula is C19H18ClN3OS. The van der Waals surface area contributed by atoms with Gasteiger partial charge in [0.1, 0.15) is 5.03 Å². The quantitative estimate of drug-likeness (QED) is 0.568. The molecule has 0 aliphatic heterocycles. The minimum atomic E-state index is 0.204. The first-order valence-electron chi connectivity index (χ1n) is 7.96. The summed E-state index contributed by atoms with van der Waals surface area (Å²) in [6.07, 6.45) is 4.35. The monoisotopic (exact) mass is 371 g/mol. The predicted molar refractivity (Wildman–Crippen MR) is 101 cm³/mol. The first kappa shape index (κ1) is 17.7. The number of rotatable bonds is 6. The Kier molecular flexibility index (Phi) is 5.56. The van der Waals surface area contributed by atoms with Gasteiger partial charge in [0, 0.05) is 22.3 Å². The first-order valence-corrected chi connectivity index (χ1v) is 9.16. The van der Waals surface area contributed by atoms with Gasteiger partial charge in [-0.1, -0.05) is 49.3 Å². The lowest BCUT2D eigenvalue weighted by atomic mass is 10.1. The number of hydrogen-bond donors (Lipinski definition) is 0. The normalized spacial score (nSPS) is 11.0. The van der Waals surface area contributed by atoms with Gasteiger partial charge in [0.2, 0.25) is 0 Å². The number of aldehydes is 1. The van der Waals surface area contributed by atoms with Gasteiger partial charge in [0.15, 0.2) is 12.1 Å². The Labute approximate surface area is 156 Å². The third kappa shape index (κ3) is 4.11. The first-order chi connectivity index (χ1) is 12.1. The molecule has 25 heavy (non-hydrogen) atoms. The molecule has 0 fully saturated rings. The van der Waals surface area contributed by atoms with E-state index in [1.54, 1.807) is 24.2 Å². The van der Waals surface area contributed by atoms with Crippen LogP contribution in [0.3, 0.4) is 0 Å². The van der Waals surface area contributed by atoms with Gasteiger partial charge in [-0.05, 0) is 35.7 Å². The van der Waals surface area contributed by atoms with E-state index in [1.807, 2.05) is 41.0 Å². The average Bonchev–Trinajstić information content (AvgIpc) is 2.94. The maximum Gasteiger partial charge on any atom is 0.185 e. The van der Waals surface area contributed by atoms with E-state index in [-0.39, 0.29) is 5.92 Å². The van der Waals surface area contributed by atoms with Gasteiger partial charge in [0.25, 0.3) is 0 Å². The number of carbonyl (C=O) groups is 1. The minimum absolute atomic E-state index is 0.204. The summed E-state index contributed by atoms with van der Waals surface area (Å²) >= 11 is 7.69. The number of aromatic nitrogens is 3. The topological polar surface area (TPSA) is 47.8 Å². The Morgan fingerprint density at radius 3 is 2.76 bits per heavy atom. The molecule has 0 saturated heterocycles. The molecule has 0 unspecified atom stereocenters. The van der Waals surface area contributed by atoms with E-state index in [1.165, 1.54) is 0 Å². The highest BCUT2D eigenvalue weighted by molar-refractivity contribution is 7.99. The van der Waals surface area contributed by atoms with Crippen LogP contribution in [0, 0.1) is 0 Å². The Bertz CT molecular complexity index is 878. The second kappa shape index (κ2) is 7.85. The van der Waals surface area contributed by atoms with Crippen molar-refractivity contribution in [1.82, 2.24) is 14.5 Å². The van der Waals surface area contributed by atoms with Crippen LogP contribution in [0.5, 0.6) is 0 Å². The van der Waals surface area contributed by atoms with Crippen LogP contribution < -0.4 is 0 Å². The zero-order valence-electron chi connectivity index (χ0n) is 14.0. The fourth-order valence-electron chi connectivity index (χ4n) is 2.52. The van der Waals surface area contributed by atoms with Gasteiger partial charge in [-0.25, -0.2) is 4.98 Å². The molecule has 0 N–H and O–H groups in total. The summed E-state index contributed by atoms with van der Waals surface area (Å²) < 4.78 is 1.95. The van der Waals surface area contributed by atoms with Gasteiger partial charge in [0.05, 0.1) is 12.2 Å². The van der Waals surface area contributed by atoms with Gasteiger partial charge in [-0.15, -0.1) is 0 Å². The molecule has 3 aromatic rings. The highest BCUT2D eigenvalue weighted by Crippen LogP contribution is 2.35. The fraction of sp³-hybridized carbons (Fsp3) is 0.211. The Hall–Kier alpha value is -2.11. The summed E-state index contributed by atoms with van der Waals surface area (Å²) in [6, 6.07) is 11.6. The second-order valence-electron chi connectivity index (χ2n) is 5.94. The predicted octanol–water partition coefficient (Wildman–Crippen LogP) is 5.07. The molecule has 0 bridgehead atoms. The smallest absolute Gasteiger partial charge is 0.185 e. The van der Waals surface area contributed by atoms with Crippen molar-refractivity contribution >= 4 is 29.6 Å². The molecule has 0 atom stereocenters. The van der Waals surface area contributed by atoms with Gasteiger partial charge >= 0.3 is 0 Å². The Morgan fingerprint density at radius 1 is 1.28 bits per heavy atom. The molecular weight excluding hydrogens is 354 g/mol. The van der Waals surface area contributed by atoms with Crippen LogP contribution in [0.2, 0.25) is 5.02 Å². The molecule has 6 heteroatoms. The van der Waals surface area contributed by atoms with Gasteiger partial charge < -0.3 is 4.57 Å². The molecule has 0 spiro atoms. The van der Waals surface area contributed by atoms with Crippen molar-refractivity contribution in [3.05, 3.63) is 70.9 Å². The molecule has 4 nitrogen and oxygen atoms in total. The highest BCUT2D eigenvalue weighted by Gasteiger charge is 2.20. The molecule has 2 aromatic heterocycles. The molecule has 0 saturated carbocycles. The van der Waals surface area contributed by atoms with Crippen molar-refractivity contribution in [2.45, 2.75) is 36.2 Å². The number of benzene rings is 1. The van der Waals surface area contributed by atoms with E-state index < -0.39 is 0 Å². The number of nitrogens with zero attached hydrogens (tertiary/aromatic N) is 3. The van der Waals surface area contributed by atoms with E-state index in [4.69, 9.17) is 11.6 Å². The van der Waals surface area contributed by atoms with E-state index in [0.29, 0.717) is 17.4 Å². The second-order valence-corrected chi connectivity index (χ2v) is 7.44. The SMILES string of the molecule is CC(C)c1nc(C=O)n(Cc2cccnc2)c1Sc1cccc(Cl)c1. The van der Waals surface area contributed by atoms with Crippen molar-refractivity contribution in [3.8, 4) is 0 Å². The molecule has 0 aliphatic carbocycles. The average molecular weight is 372 g/mol. The summed E-state index contributed by atoms with van der Waals surface area (Å²) in [5.74, 6) is 0.632. The molecule has 2 heterocycles. The maximum absolute atomic E-state index is 11.6. The van der Waals surface area contributed by atoms with Crippen LogP contribution in [-0.4, -0.2) is 20.8 Å². The van der Waals surface area contributed by atoms with E-state index in [2.05, 4.69) is 23.8 Å². The number of imidazole rings is 1. The minimum Gasteiger partial charge on any atom is -0.312 e. The highest BCUT2D eigenvalue weighted by atomic mass is 35.5. The van der Waals surface area contributed by atoms with Crippen molar-refractivity contribution in [2.75, 3.05) is 0 Å². The van der Waals surface area contributed by atoms with Crippen molar-refractivity contribution < 1.29 is 4.79 Å². The van der Waals surface area contributed by atoms with Crippen molar-refractivity contribution in [1.29, 1.82) is 0 Å². The number of halogens is 1. The van der Waals surface area contributed by atoms with Crippen LogP contribution in [0.15, 0.2) is 58.7 Å². The third-order valence-corrected chi connectivity index (χ3v) is 5.05. The van der Waals surface area contributed by atoms with Crippen molar-refractivity contribution in [3.63, 3.8) is 0 Å². The third-order valence-electron chi connectivity index (χ3n) is 3.70. The Morgan fingerprint density at radius 2 is 2.12 bits per heavy atom. The summed E-state index contributed by atoms with van der Waals surface area (Å²) in [4.78, 5) is 21.3. The van der Waals surface area contributed by atoms with E-state index >= 15 is 0 Å². The number of pyridine rings is 1. The number of hydrogen-bond acceptors (Lipinski definition) is 4. The van der Waals surface area contributed by atoms with Crippen LogP contribution in [0.1, 0.15) is 41.6 Å². The zero-order valence-corrected chi connectivity index (χ0v) is 15.6. The summed E-state index contributed by atoms with van der Waals surface area (Å²) in [5, 5.41) is 1.65. The lowest BCUT2D eigenvalue weighted by Gasteiger charge is -2.12. The van der Waals surface area contributed by atoms with Crippen LogP contribution in [0.4, 0.5) is 0 Å². The van der Waals surface area contributed by atoms with Crippen LogP contribution >= 0.6 is 23.4 Å². The summed E-state index contributed by atoms with van der Waals surface area (Å²) in [6.45, 7) is 4.70. The molecule has 0 amide bonds. The lowest BCUT2D eigenvalue weighted by Crippen LogP contribution is -2.06.